The Hall–Kier alpha value is -1.10. The first-order chi connectivity index (χ1) is 10.6. The fraction of sp³-hybridized carbons (Fsp3) is 0.588. The van der Waals surface area contributed by atoms with E-state index in [9.17, 15) is 4.79 Å². The van der Waals surface area contributed by atoms with Crippen LogP contribution in [-0.4, -0.2) is 60.8 Å². The van der Waals surface area contributed by atoms with Crippen LogP contribution in [0.2, 0.25) is 5.02 Å². The van der Waals surface area contributed by atoms with Gasteiger partial charge in [-0.05, 0) is 31.2 Å². The van der Waals surface area contributed by atoms with Crippen LogP contribution in [0.15, 0.2) is 24.3 Å². The highest BCUT2D eigenvalue weighted by Gasteiger charge is 2.56. The fourth-order valence-corrected chi connectivity index (χ4v) is 4.83. The van der Waals surface area contributed by atoms with Gasteiger partial charge in [0.1, 0.15) is 12.8 Å². The van der Waals surface area contributed by atoms with Gasteiger partial charge < -0.3 is 9.22 Å². The van der Waals surface area contributed by atoms with Crippen molar-refractivity contribution >= 4 is 17.6 Å². The van der Waals surface area contributed by atoms with Crippen LogP contribution >= 0.6 is 11.6 Å². The molecule has 0 spiro atoms. The summed E-state index contributed by atoms with van der Waals surface area (Å²) >= 11 is 5.88. The molecule has 0 N–H and O–H groups in total. The fourth-order valence-electron chi connectivity index (χ4n) is 4.71. The van der Waals surface area contributed by atoms with Crippen molar-refractivity contribution in [3.8, 4) is 0 Å². The molecule has 5 atom stereocenters. The van der Waals surface area contributed by atoms with Crippen LogP contribution < -0.4 is 0 Å². The summed E-state index contributed by atoms with van der Waals surface area (Å²) in [7, 11) is 0. The third-order valence-electron chi connectivity index (χ3n) is 5.65. The number of carbonyl (C=O) groups is 1. The number of ether oxygens (including phenoxy) is 1. The predicted octanol–water partition coefficient (Wildman–Crippen LogP) is 2.23. The minimum atomic E-state index is -0.206. The zero-order chi connectivity index (χ0) is 15.3. The van der Waals surface area contributed by atoms with Gasteiger partial charge in [-0.3, -0.25) is 4.90 Å². The van der Waals surface area contributed by atoms with Gasteiger partial charge in [-0.2, -0.15) is 0 Å². The summed E-state index contributed by atoms with van der Waals surface area (Å²) < 4.78 is 7.11. The summed E-state index contributed by atoms with van der Waals surface area (Å²) in [6, 6.07) is 6.97. The zero-order valence-electron chi connectivity index (χ0n) is 12.9. The summed E-state index contributed by atoms with van der Waals surface area (Å²) in [6.07, 6.45) is 0.0810. The highest BCUT2D eigenvalue weighted by molar-refractivity contribution is 6.30. The van der Waals surface area contributed by atoms with Crippen LogP contribution in [-0.2, 0) is 4.74 Å². The van der Waals surface area contributed by atoms with Gasteiger partial charge in [0.2, 0.25) is 0 Å². The van der Waals surface area contributed by atoms with E-state index < -0.39 is 0 Å². The molecule has 0 aromatic heterocycles. The molecule has 0 aliphatic carbocycles. The normalized spacial score (nSPS) is 39.0. The van der Waals surface area contributed by atoms with Crippen molar-refractivity contribution in [2.24, 2.45) is 11.8 Å². The van der Waals surface area contributed by atoms with Gasteiger partial charge in [-0.15, -0.1) is 0 Å². The first-order valence-electron chi connectivity index (χ1n) is 8.12. The molecule has 4 heterocycles. The van der Waals surface area contributed by atoms with Gasteiger partial charge in [0.05, 0.1) is 37.0 Å². The first-order valence-corrected chi connectivity index (χ1v) is 8.50. The zero-order valence-corrected chi connectivity index (χ0v) is 13.6. The minimum absolute atomic E-state index is 0.0810. The Kier molecular flexibility index (Phi) is 3.44. The van der Waals surface area contributed by atoms with Crippen LogP contribution in [0.3, 0.4) is 0 Å². The maximum atomic E-state index is 12.4. The minimum Gasteiger partial charge on any atom is -0.458 e. The van der Waals surface area contributed by atoms with Crippen molar-refractivity contribution < 1.29 is 14.0 Å². The van der Waals surface area contributed by atoms with Crippen molar-refractivity contribution in [1.82, 2.24) is 4.90 Å². The number of hydrogen-bond acceptors (Lipinski definition) is 3. The SMILES string of the molecule is CC[N+]12C[C@H]3CN(C[C@@H](C1)C3OC(=O)c1ccc(Cl)cc1)C2. The number of esters is 1. The second-order valence-electron chi connectivity index (χ2n) is 7.10. The Bertz CT molecular complexity index is 573. The number of rotatable bonds is 3. The van der Waals surface area contributed by atoms with Crippen LogP contribution in [0.4, 0.5) is 0 Å². The smallest absolute Gasteiger partial charge is 0.338 e. The molecule has 4 saturated heterocycles. The molecule has 4 nitrogen and oxygen atoms in total. The van der Waals surface area contributed by atoms with Crippen molar-refractivity contribution in [1.29, 1.82) is 0 Å². The summed E-state index contributed by atoms with van der Waals surface area (Å²) in [4.78, 5) is 15.0. The number of quaternary nitrogens is 1. The van der Waals surface area contributed by atoms with Gasteiger partial charge in [-0.25, -0.2) is 4.79 Å². The van der Waals surface area contributed by atoms with Crippen LogP contribution in [0.1, 0.15) is 17.3 Å². The van der Waals surface area contributed by atoms with Crippen LogP contribution in [0, 0.1) is 11.8 Å². The van der Waals surface area contributed by atoms with Crippen LogP contribution in [0.5, 0.6) is 0 Å². The van der Waals surface area contributed by atoms with Crippen molar-refractivity contribution in [3.63, 3.8) is 0 Å². The average Bonchev–Trinajstić information content (AvgIpc) is 2.51. The lowest BCUT2D eigenvalue weighted by Crippen LogP contribution is -2.76. The van der Waals surface area contributed by atoms with E-state index in [0.29, 0.717) is 22.4 Å². The van der Waals surface area contributed by atoms with E-state index in [-0.39, 0.29) is 12.1 Å². The molecule has 0 amide bonds. The number of carbonyl (C=O) groups excluding carboxylic acids is 1. The maximum Gasteiger partial charge on any atom is 0.338 e. The highest BCUT2D eigenvalue weighted by Crippen LogP contribution is 2.40. The van der Waals surface area contributed by atoms with E-state index in [0.717, 1.165) is 26.2 Å². The topological polar surface area (TPSA) is 29.5 Å². The molecule has 5 rings (SSSR count). The summed E-state index contributed by atoms with van der Waals surface area (Å²) in [5.74, 6) is 0.761. The average molecular weight is 322 g/mol. The molecular formula is C17H22ClN2O2+. The highest BCUT2D eigenvalue weighted by atomic mass is 35.5. The second kappa shape index (κ2) is 5.22. The summed E-state index contributed by atoms with van der Waals surface area (Å²) in [5.41, 5.74) is 0.596. The Labute approximate surface area is 136 Å². The molecular weight excluding hydrogens is 300 g/mol. The third kappa shape index (κ3) is 2.34. The number of hydrogen-bond donors (Lipinski definition) is 0. The Morgan fingerprint density at radius 1 is 1.27 bits per heavy atom. The number of halogens is 1. The number of piperidine rings is 2. The van der Waals surface area contributed by atoms with E-state index >= 15 is 0 Å². The Morgan fingerprint density at radius 3 is 2.50 bits per heavy atom. The monoisotopic (exact) mass is 321 g/mol. The standard InChI is InChI=1S/C17H22ClN2O2/c1-2-20-9-13-7-19(11-20)8-14(10-20)16(13)22-17(21)12-3-5-15(18)6-4-12/h3-6,13-14,16H,2,7-11H2,1H3/q+1/t13-,14+,16?,20?. The van der Waals surface area contributed by atoms with E-state index in [1.54, 1.807) is 24.3 Å². The van der Waals surface area contributed by atoms with Gasteiger partial charge in [0.25, 0.3) is 0 Å². The Balaban J connectivity index is 1.50. The molecule has 4 bridgehead atoms. The van der Waals surface area contributed by atoms with Crippen molar-refractivity contribution in [2.75, 3.05) is 39.4 Å². The van der Waals surface area contributed by atoms with Gasteiger partial charge in [0.15, 0.2) is 0 Å². The molecule has 4 aliphatic heterocycles. The maximum absolute atomic E-state index is 12.4. The number of benzene rings is 1. The lowest BCUT2D eigenvalue weighted by molar-refractivity contribution is -0.961. The molecule has 4 aliphatic rings. The molecule has 0 saturated carbocycles. The molecule has 5 heteroatoms. The molecule has 0 radical (unpaired) electrons. The molecule has 3 unspecified atom stereocenters. The predicted molar refractivity (Wildman–Crippen MR) is 84.6 cm³/mol. The number of nitrogens with zero attached hydrogens (tertiary/aromatic N) is 2. The Morgan fingerprint density at radius 2 is 1.91 bits per heavy atom. The van der Waals surface area contributed by atoms with E-state index in [4.69, 9.17) is 16.3 Å². The molecule has 118 valence electrons. The van der Waals surface area contributed by atoms with Crippen molar-refractivity contribution in [2.45, 2.75) is 13.0 Å². The van der Waals surface area contributed by atoms with Gasteiger partial charge in [-0.1, -0.05) is 11.6 Å². The van der Waals surface area contributed by atoms with E-state index in [2.05, 4.69) is 11.8 Å². The van der Waals surface area contributed by atoms with E-state index in [1.165, 1.54) is 17.7 Å². The van der Waals surface area contributed by atoms with Gasteiger partial charge in [0, 0.05) is 18.1 Å². The molecule has 22 heavy (non-hydrogen) atoms. The van der Waals surface area contributed by atoms with E-state index in [1.807, 2.05) is 0 Å². The molecule has 4 fully saturated rings. The van der Waals surface area contributed by atoms with Crippen LogP contribution in [0.25, 0.3) is 0 Å². The first kappa shape index (κ1) is 14.5. The quantitative estimate of drug-likeness (QED) is 0.631. The largest absolute Gasteiger partial charge is 0.458 e. The molecule has 1 aromatic carbocycles. The summed E-state index contributed by atoms with van der Waals surface area (Å²) in [6.45, 7) is 9.11. The van der Waals surface area contributed by atoms with Crippen molar-refractivity contribution in [3.05, 3.63) is 34.9 Å². The summed E-state index contributed by atoms with van der Waals surface area (Å²) in [5, 5.41) is 0.640. The van der Waals surface area contributed by atoms with Gasteiger partial charge >= 0.3 is 5.97 Å². The third-order valence-corrected chi connectivity index (χ3v) is 5.90. The molecule has 1 aromatic rings. The second-order valence-corrected chi connectivity index (χ2v) is 7.53. The lowest BCUT2D eigenvalue weighted by Gasteiger charge is -2.60. The lowest BCUT2D eigenvalue weighted by atomic mass is 9.77.